The van der Waals surface area contributed by atoms with E-state index < -0.39 is 0 Å². The van der Waals surface area contributed by atoms with Crippen molar-refractivity contribution >= 4 is 33.1 Å². The molecule has 3 heterocycles. The van der Waals surface area contributed by atoms with Gasteiger partial charge in [0.1, 0.15) is 22.6 Å². The molecular formula is C18H18BrN5O2S. The van der Waals surface area contributed by atoms with Crippen molar-refractivity contribution < 1.29 is 9.84 Å². The summed E-state index contributed by atoms with van der Waals surface area (Å²) in [5.74, 6) is 1.74. The number of benzene rings is 1. The van der Waals surface area contributed by atoms with Crippen LogP contribution in [0.3, 0.4) is 0 Å². The number of rotatable bonds is 5. The summed E-state index contributed by atoms with van der Waals surface area (Å²) in [6.07, 6.45) is 2.06. The van der Waals surface area contributed by atoms with Crippen molar-refractivity contribution in [1.29, 1.82) is 0 Å². The molecule has 0 bridgehead atoms. The molecule has 0 spiro atoms. The van der Waals surface area contributed by atoms with Crippen molar-refractivity contribution in [2.24, 2.45) is 0 Å². The molecule has 3 aromatic rings. The molecule has 27 heavy (non-hydrogen) atoms. The van der Waals surface area contributed by atoms with Crippen molar-refractivity contribution in [3.8, 4) is 16.5 Å². The second-order valence-electron chi connectivity index (χ2n) is 6.17. The van der Waals surface area contributed by atoms with Crippen LogP contribution in [0.4, 0.5) is 5.82 Å². The van der Waals surface area contributed by atoms with Crippen LogP contribution in [-0.2, 0) is 6.61 Å². The van der Waals surface area contributed by atoms with Crippen LogP contribution in [0.1, 0.15) is 17.8 Å². The lowest BCUT2D eigenvalue weighted by molar-refractivity contribution is 0.169. The van der Waals surface area contributed by atoms with E-state index in [0.717, 1.165) is 42.0 Å². The number of aliphatic hydroxyl groups excluding tert-OH is 1. The number of nitrogens with zero attached hydrogens (tertiary/aromatic N) is 5. The minimum absolute atomic E-state index is 0.111. The summed E-state index contributed by atoms with van der Waals surface area (Å²) in [6.45, 7) is 1.63. The molecule has 1 aliphatic rings. The maximum absolute atomic E-state index is 9.09. The summed E-state index contributed by atoms with van der Waals surface area (Å²) in [4.78, 5) is 2.22. The van der Waals surface area contributed by atoms with E-state index in [1.165, 1.54) is 11.3 Å². The molecular weight excluding hydrogens is 430 g/mol. The van der Waals surface area contributed by atoms with E-state index in [1.807, 2.05) is 36.4 Å². The van der Waals surface area contributed by atoms with Gasteiger partial charge in [0, 0.05) is 25.9 Å². The molecule has 1 aromatic carbocycles. The Labute approximate surface area is 169 Å². The quantitative estimate of drug-likeness (QED) is 0.641. The molecule has 1 N–H and O–H groups in total. The number of hydrogen-bond donors (Lipinski definition) is 1. The maximum atomic E-state index is 9.09. The molecule has 7 nitrogen and oxygen atoms in total. The largest absolute Gasteiger partial charge is 0.489 e. The Kier molecular flexibility index (Phi) is 5.61. The number of hydrogen-bond acceptors (Lipinski definition) is 8. The van der Waals surface area contributed by atoms with Crippen LogP contribution in [0.5, 0.6) is 5.75 Å². The van der Waals surface area contributed by atoms with Crippen LogP contribution in [0.2, 0.25) is 0 Å². The van der Waals surface area contributed by atoms with Crippen LogP contribution in [0.15, 0.2) is 40.9 Å². The average molecular weight is 448 g/mol. The molecule has 1 saturated heterocycles. The average Bonchev–Trinajstić information content (AvgIpc) is 3.20. The SMILES string of the molecule is OCc1nnc(-c2ccc(N3CCC(Oc4ccccc4Br)CC3)nn2)s1. The molecule has 0 atom stereocenters. The highest BCUT2D eigenvalue weighted by atomic mass is 79.9. The van der Waals surface area contributed by atoms with Gasteiger partial charge < -0.3 is 14.7 Å². The van der Waals surface area contributed by atoms with E-state index in [2.05, 4.69) is 41.2 Å². The molecule has 1 aliphatic heterocycles. The first kappa shape index (κ1) is 18.3. The summed E-state index contributed by atoms with van der Waals surface area (Å²) in [5, 5.41) is 26.9. The summed E-state index contributed by atoms with van der Waals surface area (Å²) in [7, 11) is 0. The van der Waals surface area contributed by atoms with E-state index >= 15 is 0 Å². The molecule has 2 aromatic heterocycles. The predicted octanol–water partition coefficient (Wildman–Crippen LogP) is 3.30. The fraction of sp³-hybridized carbons (Fsp3) is 0.333. The summed E-state index contributed by atoms with van der Waals surface area (Å²) in [6, 6.07) is 11.8. The van der Waals surface area contributed by atoms with E-state index in [9.17, 15) is 0 Å². The van der Waals surface area contributed by atoms with E-state index in [-0.39, 0.29) is 12.7 Å². The fourth-order valence-electron chi connectivity index (χ4n) is 2.95. The third-order valence-electron chi connectivity index (χ3n) is 4.37. The smallest absolute Gasteiger partial charge is 0.168 e. The molecule has 1 fully saturated rings. The number of ether oxygens (including phenoxy) is 1. The van der Waals surface area contributed by atoms with Crippen molar-refractivity contribution in [1.82, 2.24) is 20.4 Å². The second-order valence-corrected chi connectivity index (χ2v) is 8.09. The number of para-hydroxylation sites is 1. The van der Waals surface area contributed by atoms with Gasteiger partial charge in [0.15, 0.2) is 10.8 Å². The predicted molar refractivity (Wildman–Crippen MR) is 107 cm³/mol. The monoisotopic (exact) mass is 447 g/mol. The molecule has 0 radical (unpaired) electrons. The molecule has 0 aliphatic carbocycles. The van der Waals surface area contributed by atoms with Crippen LogP contribution in [0.25, 0.3) is 10.7 Å². The van der Waals surface area contributed by atoms with Crippen LogP contribution in [-0.4, -0.2) is 44.7 Å². The fourth-order valence-corrected chi connectivity index (χ4v) is 3.99. The first-order valence-electron chi connectivity index (χ1n) is 8.66. The molecule has 140 valence electrons. The van der Waals surface area contributed by atoms with Crippen molar-refractivity contribution in [3.63, 3.8) is 0 Å². The van der Waals surface area contributed by atoms with Gasteiger partial charge in [0.2, 0.25) is 0 Å². The van der Waals surface area contributed by atoms with Crippen molar-refractivity contribution in [2.75, 3.05) is 18.0 Å². The van der Waals surface area contributed by atoms with Crippen LogP contribution < -0.4 is 9.64 Å². The zero-order chi connectivity index (χ0) is 18.6. The summed E-state index contributed by atoms with van der Waals surface area (Å²) < 4.78 is 7.10. The molecule has 0 amide bonds. The topological polar surface area (TPSA) is 84.3 Å². The Bertz CT molecular complexity index is 897. The number of halogens is 1. The molecule has 0 saturated carbocycles. The Balaban J connectivity index is 1.36. The van der Waals surface area contributed by atoms with Gasteiger partial charge in [-0.05, 0) is 40.2 Å². The van der Waals surface area contributed by atoms with Crippen LogP contribution >= 0.6 is 27.3 Å². The third kappa shape index (κ3) is 4.26. The highest BCUT2D eigenvalue weighted by Crippen LogP contribution is 2.28. The lowest BCUT2D eigenvalue weighted by atomic mass is 10.1. The lowest BCUT2D eigenvalue weighted by Gasteiger charge is -2.32. The van der Waals surface area contributed by atoms with E-state index in [1.54, 1.807) is 0 Å². The highest BCUT2D eigenvalue weighted by molar-refractivity contribution is 9.10. The van der Waals surface area contributed by atoms with E-state index in [4.69, 9.17) is 9.84 Å². The van der Waals surface area contributed by atoms with Gasteiger partial charge in [0.05, 0.1) is 11.1 Å². The van der Waals surface area contributed by atoms with Gasteiger partial charge in [-0.2, -0.15) is 0 Å². The van der Waals surface area contributed by atoms with Gasteiger partial charge in [-0.3, -0.25) is 0 Å². The normalized spacial score (nSPS) is 15.1. The van der Waals surface area contributed by atoms with Gasteiger partial charge in [-0.1, -0.05) is 23.5 Å². The standard InChI is InChI=1S/C18H18BrN5O2S/c19-13-3-1-2-4-15(13)26-12-7-9-24(10-8-12)16-6-5-14(20-21-16)18-23-22-17(11-25)27-18/h1-6,12,25H,7-11H2. The highest BCUT2D eigenvalue weighted by Gasteiger charge is 2.22. The van der Waals surface area contributed by atoms with Crippen LogP contribution in [0, 0.1) is 0 Å². The number of aliphatic hydroxyl groups is 1. The van der Waals surface area contributed by atoms with Gasteiger partial charge in [-0.15, -0.1) is 20.4 Å². The number of anilines is 1. The Hall–Kier alpha value is -2.10. The number of aromatic nitrogens is 4. The van der Waals surface area contributed by atoms with Gasteiger partial charge in [-0.25, -0.2) is 0 Å². The molecule has 0 unspecified atom stereocenters. The Morgan fingerprint density at radius 1 is 1.07 bits per heavy atom. The lowest BCUT2D eigenvalue weighted by Crippen LogP contribution is -2.38. The Morgan fingerprint density at radius 2 is 1.89 bits per heavy atom. The van der Waals surface area contributed by atoms with Crippen molar-refractivity contribution in [3.05, 3.63) is 45.9 Å². The summed E-state index contributed by atoms with van der Waals surface area (Å²) in [5.41, 5.74) is 0.670. The second kappa shape index (κ2) is 8.28. The Morgan fingerprint density at radius 3 is 2.56 bits per heavy atom. The van der Waals surface area contributed by atoms with Gasteiger partial charge in [0.25, 0.3) is 0 Å². The third-order valence-corrected chi connectivity index (χ3v) is 5.95. The first-order valence-corrected chi connectivity index (χ1v) is 10.3. The maximum Gasteiger partial charge on any atom is 0.168 e. The summed E-state index contributed by atoms with van der Waals surface area (Å²) >= 11 is 4.85. The molecule has 9 heteroatoms. The molecule has 4 rings (SSSR count). The first-order chi connectivity index (χ1) is 13.2. The number of piperidine rings is 1. The van der Waals surface area contributed by atoms with E-state index in [0.29, 0.717) is 15.7 Å². The minimum Gasteiger partial charge on any atom is -0.489 e. The zero-order valence-corrected chi connectivity index (χ0v) is 16.9. The zero-order valence-electron chi connectivity index (χ0n) is 14.5. The van der Waals surface area contributed by atoms with Crippen molar-refractivity contribution in [2.45, 2.75) is 25.6 Å². The van der Waals surface area contributed by atoms with Gasteiger partial charge >= 0.3 is 0 Å². The minimum atomic E-state index is -0.111.